The fourth-order valence-corrected chi connectivity index (χ4v) is 2.08. The molecule has 0 radical (unpaired) electrons. The number of hydrogen-bond acceptors (Lipinski definition) is 4. The summed E-state index contributed by atoms with van der Waals surface area (Å²) >= 11 is 0. The molecule has 0 fully saturated rings. The van der Waals surface area contributed by atoms with Gasteiger partial charge in [-0.1, -0.05) is 19.1 Å². The molecule has 1 heterocycles. The fraction of sp³-hybridized carbons (Fsp3) is 0.467. The number of benzene rings is 1. The van der Waals surface area contributed by atoms with Crippen molar-refractivity contribution in [2.45, 2.75) is 32.9 Å². The largest absolute Gasteiger partial charge is 0.486 e. The molecule has 0 saturated heterocycles. The molecule has 5 heteroatoms. The number of ether oxygens (including phenoxy) is 1. The quantitative estimate of drug-likeness (QED) is 0.838. The molecule has 0 saturated carbocycles. The highest BCUT2D eigenvalue weighted by molar-refractivity contribution is 5.27. The zero-order chi connectivity index (χ0) is 14.4. The highest BCUT2D eigenvalue weighted by atomic mass is 16.5. The Hall–Kier alpha value is -1.88. The summed E-state index contributed by atoms with van der Waals surface area (Å²) < 4.78 is 7.55. The Kier molecular flexibility index (Phi) is 5.12. The molecule has 0 aliphatic carbocycles. The number of aryl methyl sites for hydroxylation is 1. The average Bonchev–Trinajstić information content (AvgIpc) is 2.84. The molecule has 108 valence electrons. The maximum absolute atomic E-state index is 5.70. The minimum Gasteiger partial charge on any atom is -0.486 e. The maximum Gasteiger partial charge on any atom is 0.170 e. The first-order valence-corrected chi connectivity index (χ1v) is 6.97. The molecule has 1 aromatic heterocycles. The Bertz CT molecular complexity index is 521. The van der Waals surface area contributed by atoms with Crippen molar-refractivity contribution in [3.8, 4) is 5.75 Å². The van der Waals surface area contributed by atoms with E-state index in [1.54, 1.807) is 6.33 Å². The third-order valence-electron chi connectivity index (χ3n) is 3.19. The van der Waals surface area contributed by atoms with Crippen LogP contribution in [0.1, 0.15) is 25.2 Å². The van der Waals surface area contributed by atoms with Gasteiger partial charge in [-0.25, -0.2) is 0 Å². The second-order valence-electron chi connectivity index (χ2n) is 4.95. The van der Waals surface area contributed by atoms with Gasteiger partial charge in [-0.05, 0) is 37.6 Å². The second kappa shape index (κ2) is 7.05. The number of likely N-dealkylation sites (N-methyl/N-ethyl adjacent to an activating group) is 1. The Morgan fingerprint density at radius 1 is 1.30 bits per heavy atom. The molecular weight excluding hydrogens is 252 g/mol. The van der Waals surface area contributed by atoms with E-state index in [1.807, 2.05) is 23.7 Å². The Morgan fingerprint density at radius 3 is 2.65 bits per heavy atom. The van der Waals surface area contributed by atoms with Crippen LogP contribution in [0.5, 0.6) is 5.75 Å². The number of nitrogens with one attached hydrogen (secondary N) is 1. The van der Waals surface area contributed by atoms with Gasteiger partial charge in [0, 0.05) is 13.1 Å². The van der Waals surface area contributed by atoms with E-state index in [9.17, 15) is 0 Å². The SMILES string of the molecule is CCNC(C)Cc1ccc(OCc2nncn2C)cc1. The minimum atomic E-state index is 0.434. The molecule has 5 nitrogen and oxygen atoms in total. The van der Waals surface area contributed by atoms with E-state index in [1.165, 1.54) is 5.56 Å². The van der Waals surface area contributed by atoms with Gasteiger partial charge in [0.25, 0.3) is 0 Å². The van der Waals surface area contributed by atoms with Crippen LogP contribution in [-0.4, -0.2) is 27.4 Å². The van der Waals surface area contributed by atoms with Crippen molar-refractivity contribution in [2.24, 2.45) is 7.05 Å². The van der Waals surface area contributed by atoms with E-state index in [2.05, 4.69) is 41.5 Å². The molecule has 2 rings (SSSR count). The van der Waals surface area contributed by atoms with Gasteiger partial charge in [-0.2, -0.15) is 0 Å². The maximum atomic E-state index is 5.70. The lowest BCUT2D eigenvalue weighted by Gasteiger charge is -2.12. The first-order chi connectivity index (χ1) is 9.69. The van der Waals surface area contributed by atoms with Crippen LogP contribution in [0.2, 0.25) is 0 Å². The molecule has 0 aliphatic rings. The summed E-state index contributed by atoms with van der Waals surface area (Å²) in [6.45, 7) is 5.76. The molecule has 20 heavy (non-hydrogen) atoms. The molecule has 0 spiro atoms. The molecule has 1 unspecified atom stereocenters. The highest BCUT2D eigenvalue weighted by Gasteiger charge is 2.04. The van der Waals surface area contributed by atoms with Crippen molar-refractivity contribution < 1.29 is 4.74 Å². The normalized spacial score (nSPS) is 12.3. The van der Waals surface area contributed by atoms with E-state index >= 15 is 0 Å². The summed E-state index contributed by atoms with van der Waals surface area (Å²) in [5.74, 6) is 1.67. The van der Waals surface area contributed by atoms with E-state index in [0.29, 0.717) is 12.6 Å². The van der Waals surface area contributed by atoms with Gasteiger partial charge < -0.3 is 14.6 Å². The number of aromatic nitrogens is 3. The molecule has 1 atom stereocenters. The topological polar surface area (TPSA) is 52.0 Å². The third kappa shape index (κ3) is 4.06. The van der Waals surface area contributed by atoms with Crippen molar-refractivity contribution >= 4 is 0 Å². The van der Waals surface area contributed by atoms with Crippen LogP contribution in [0, 0.1) is 0 Å². The fourth-order valence-electron chi connectivity index (χ4n) is 2.08. The van der Waals surface area contributed by atoms with E-state index < -0.39 is 0 Å². The predicted molar refractivity (Wildman–Crippen MR) is 78.6 cm³/mol. The zero-order valence-corrected chi connectivity index (χ0v) is 12.3. The van der Waals surface area contributed by atoms with Crippen LogP contribution in [0.4, 0.5) is 0 Å². The van der Waals surface area contributed by atoms with Gasteiger partial charge in [0.2, 0.25) is 0 Å². The van der Waals surface area contributed by atoms with Gasteiger partial charge in [-0.15, -0.1) is 10.2 Å². The van der Waals surface area contributed by atoms with Crippen LogP contribution >= 0.6 is 0 Å². The summed E-state index contributed by atoms with van der Waals surface area (Å²) in [5.41, 5.74) is 1.31. The van der Waals surface area contributed by atoms with Crippen LogP contribution in [0.25, 0.3) is 0 Å². The molecule has 0 aliphatic heterocycles. The number of nitrogens with zero attached hydrogens (tertiary/aromatic N) is 3. The molecular formula is C15H22N4O. The van der Waals surface area contributed by atoms with Crippen LogP contribution < -0.4 is 10.1 Å². The second-order valence-corrected chi connectivity index (χ2v) is 4.95. The molecule has 0 amide bonds. The van der Waals surface area contributed by atoms with Gasteiger partial charge >= 0.3 is 0 Å². The summed E-state index contributed by atoms with van der Waals surface area (Å²) in [4.78, 5) is 0. The van der Waals surface area contributed by atoms with Crippen LogP contribution in [-0.2, 0) is 20.1 Å². The smallest absolute Gasteiger partial charge is 0.170 e. The van der Waals surface area contributed by atoms with Gasteiger partial charge in [0.15, 0.2) is 5.82 Å². The van der Waals surface area contributed by atoms with E-state index in [4.69, 9.17) is 4.74 Å². The third-order valence-corrected chi connectivity index (χ3v) is 3.19. The first-order valence-electron chi connectivity index (χ1n) is 6.97. The Balaban J connectivity index is 1.87. The lowest BCUT2D eigenvalue weighted by atomic mass is 10.1. The average molecular weight is 274 g/mol. The van der Waals surface area contributed by atoms with Crippen molar-refractivity contribution in [1.29, 1.82) is 0 Å². The van der Waals surface area contributed by atoms with Crippen molar-refractivity contribution in [2.75, 3.05) is 6.54 Å². The number of rotatable bonds is 7. The molecule has 2 aromatic rings. The van der Waals surface area contributed by atoms with E-state index in [-0.39, 0.29) is 0 Å². The van der Waals surface area contributed by atoms with E-state index in [0.717, 1.165) is 24.5 Å². The molecule has 0 bridgehead atoms. The summed E-state index contributed by atoms with van der Waals surface area (Å²) in [7, 11) is 1.91. The first kappa shape index (κ1) is 14.5. The zero-order valence-electron chi connectivity index (χ0n) is 12.3. The molecule has 1 N–H and O–H groups in total. The predicted octanol–water partition coefficient (Wildman–Crippen LogP) is 1.93. The summed E-state index contributed by atoms with van der Waals surface area (Å²) in [6, 6.07) is 8.72. The minimum absolute atomic E-state index is 0.434. The Morgan fingerprint density at radius 2 is 2.05 bits per heavy atom. The lowest BCUT2D eigenvalue weighted by molar-refractivity contribution is 0.291. The highest BCUT2D eigenvalue weighted by Crippen LogP contribution is 2.14. The van der Waals surface area contributed by atoms with Gasteiger partial charge in [0.05, 0.1) is 0 Å². The van der Waals surface area contributed by atoms with Crippen molar-refractivity contribution in [3.63, 3.8) is 0 Å². The lowest BCUT2D eigenvalue weighted by Crippen LogP contribution is -2.27. The van der Waals surface area contributed by atoms with Gasteiger partial charge in [0.1, 0.15) is 18.7 Å². The van der Waals surface area contributed by atoms with Crippen molar-refractivity contribution in [1.82, 2.24) is 20.1 Å². The van der Waals surface area contributed by atoms with Crippen molar-refractivity contribution in [3.05, 3.63) is 42.0 Å². The summed E-state index contributed by atoms with van der Waals surface area (Å²) in [5, 5.41) is 11.2. The molecule has 1 aromatic carbocycles. The monoisotopic (exact) mass is 274 g/mol. The van der Waals surface area contributed by atoms with Crippen LogP contribution in [0.3, 0.4) is 0 Å². The standard InChI is InChI=1S/C15H22N4O/c1-4-16-12(2)9-13-5-7-14(8-6-13)20-10-15-18-17-11-19(15)3/h5-8,11-12,16H,4,9-10H2,1-3H3. The van der Waals surface area contributed by atoms with Crippen LogP contribution in [0.15, 0.2) is 30.6 Å². The summed E-state index contributed by atoms with van der Waals surface area (Å²) in [6.07, 6.45) is 2.70. The number of hydrogen-bond donors (Lipinski definition) is 1. The Labute approximate surface area is 120 Å². The van der Waals surface area contributed by atoms with Gasteiger partial charge in [-0.3, -0.25) is 0 Å².